The van der Waals surface area contributed by atoms with Crippen molar-refractivity contribution in [2.45, 2.75) is 13.0 Å². The van der Waals surface area contributed by atoms with Crippen LogP contribution in [0.1, 0.15) is 11.1 Å². The van der Waals surface area contributed by atoms with Crippen molar-refractivity contribution < 1.29 is 8.42 Å². The zero-order chi connectivity index (χ0) is 12.5. The Morgan fingerprint density at radius 1 is 1.35 bits per heavy atom. The van der Waals surface area contributed by atoms with Crippen LogP contribution in [0.3, 0.4) is 0 Å². The van der Waals surface area contributed by atoms with Crippen LogP contribution in [0, 0.1) is 0 Å². The predicted octanol–water partition coefficient (Wildman–Crippen LogP) is 0.671. The molecule has 0 radical (unpaired) electrons. The average Bonchev–Trinajstić information content (AvgIpc) is 2.24. The molecule has 1 aromatic carbocycles. The molecular weight excluding hydrogens is 236 g/mol. The van der Waals surface area contributed by atoms with E-state index in [9.17, 15) is 8.42 Å². The van der Waals surface area contributed by atoms with E-state index in [1.54, 1.807) is 0 Å². The van der Waals surface area contributed by atoms with Gasteiger partial charge < -0.3 is 5.73 Å². The zero-order valence-corrected chi connectivity index (χ0v) is 10.8. The molecule has 2 N–H and O–H groups in total. The van der Waals surface area contributed by atoms with E-state index < -0.39 is 9.84 Å². The first-order valence-corrected chi connectivity index (χ1v) is 7.77. The number of rotatable bonds is 3. The molecule has 17 heavy (non-hydrogen) atoms. The molecule has 0 saturated carbocycles. The molecule has 4 nitrogen and oxygen atoms in total. The zero-order valence-electron chi connectivity index (χ0n) is 10.0. The van der Waals surface area contributed by atoms with Crippen molar-refractivity contribution in [1.29, 1.82) is 0 Å². The van der Waals surface area contributed by atoms with Crippen LogP contribution in [0.2, 0.25) is 0 Å². The standard InChI is InChI=1S/C12H18N2O2S/c1-17(15,16)7-6-14-5-4-10-2-3-12(13)8-11(10)9-14/h2-3,8H,4-7,9,13H2,1H3. The van der Waals surface area contributed by atoms with E-state index in [1.165, 1.54) is 17.4 Å². The van der Waals surface area contributed by atoms with Gasteiger partial charge in [-0.2, -0.15) is 0 Å². The molecule has 0 fully saturated rings. The molecule has 0 aliphatic carbocycles. The fourth-order valence-corrected chi connectivity index (χ4v) is 2.71. The Hall–Kier alpha value is -1.07. The van der Waals surface area contributed by atoms with Gasteiger partial charge in [-0.1, -0.05) is 6.07 Å². The summed E-state index contributed by atoms with van der Waals surface area (Å²) in [6.45, 7) is 2.33. The maximum atomic E-state index is 11.1. The van der Waals surface area contributed by atoms with E-state index in [-0.39, 0.29) is 5.75 Å². The van der Waals surface area contributed by atoms with E-state index in [2.05, 4.69) is 11.0 Å². The number of nitrogens with zero attached hydrogens (tertiary/aromatic N) is 1. The number of hydrogen-bond acceptors (Lipinski definition) is 4. The Morgan fingerprint density at radius 3 is 2.82 bits per heavy atom. The Labute approximate surface area is 102 Å². The van der Waals surface area contributed by atoms with Crippen molar-refractivity contribution in [2.24, 2.45) is 0 Å². The maximum absolute atomic E-state index is 11.1. The molecule has 0 atom stereocenters. The van der Waals surface area contributed by atoms with Gasteiger partial charge in [0.15, 0.2) is 0 Å². The topological polar surface area (TPSA) is 63.4 Å². The first-order valence-electron chi connectivity index (χ1n) is 5.71. The smallest absolute Gasteiger partial charge is 0.148 e. The number of sulfone groups is 1. The van der Waals surface area contributed by atoms with Gasteiger partial charge in [0, 0.05) is 31.6 Å². The molecule has 0 spiro atoms. The highest BCUT2D eigenvalue weighted by molar-refractivity contribution is 7.90. The van der Waals surface area contributed by atoms with Crippen LogP contribution in [0.15, 0.2) is 18.2 Å². The van der Waals surface area contributed by atoms with Gasteiger partial charge in [-0.15, -0.1) is 0 Å². The lowest BCUT2D eigenvalue weighted by atomic mass is 9.99. The van der Waals surface area contributed by atoms with Gasteiger partial charge in [0.25, 0.3) is 0 Å². The van der Waals surface area contributed by atoms with E-state index >= 15 is 0 Å². The summed E-state index contributed by atoms with van der Waals surface area (Å²) in [5, 5.41) is 0. The van der Waals surface area contributed by atoms with E-state index in [0.29, 0.717) is 6.54 Å². The van der Waals surface area contributed by atoms with Gasteiger partial charge in [-0.3, -0.25) is 4.90 Å². The minimum atomic E-state index is -2.88. The summed E-state index contributed by atoms with van der Waals surface area (Å²) in [7, 11) is -2.88. The summed E-state index contributed by atoms with van der Waals surface area (Å²) < 4.78 is 22.3. The van der Waals surface area contributed by atoms with Gasteiger partial charge in [0.1, 0.15) is 9.84 Å². The minimum absolute atomic E-state index is 0.227. The van der Waals surface area contributed by atoms with Gasteiger partial charge in [0.2, 0.25) is 0 Å². The van der Waals surface area contributed by atoms with Crippen molar-refractivity contribution in [3.8, 4) is 0 Å². The lowest BCUT2D eigenvalue weighted by molar-refractivity contribution is 0.269. The Kier molecular flexibility index (Phi) is 3.40. The largest absolute Gasteiger partial charge is 0.399 e. The van der Waals surface area contributed by atoms with Crippen molar-refractivity contribution >= 4 is 15.5 Å². The minimum Gasteiger partial charge on any atom is -0.399 e. The van der Waals surface area contributed by atoms with Gasteiger partial charge in [-0.25, -0.2) is 8.42 Å². The molecule has 1 heterocycles. The second-order valence-corrected chi connectivity index (χ2v) is 6.94. The Balaban J connectivity index is 2.03. The Morgan fingerprint density at radius 2 is 2.12 bits per heavy atom. The monoisotopic (exact) mass is 254 g/mol. The highest BCUT2D eigenvalue weighted by Gasteiger charge is 2.17. The van der Waals surface area contributed by atoms with Gasteiger partial charge in [0.05, 0.1) is 5.75 Å². The molecule has 5 heteroatoms. The molecule has 0 unspecified atom stereocenters. The predicted molar refractivity (Wildman–Crippen MR) is 69.5 cm³/mol. The number of hydrogen-bond donors (Lipinski definition) is 1. The second-order valence-electron chi connectivity index (χ2n) is 4.68. The average molecular weight is 254 g/mol. The highest BCUT2D eigenvalue weighted by Crippen LogP contribution is 2.21. The van der Waals surface area contributed by atoms with Gasteiger partial charge >= 0.3 is 0 Å². The summed E-state index contributed by atoms with van der Waals surface area (Å²) >= 11 is 0. The lowest BCUT2D eigenvalue weighted by Crippen LogP contribution is -2.34. The molecular formula is C12H18N2O2S. The summed E-state index contributed by atoms with van der Waals surface area (Å²) in [6, 6.07) is 5.98. The summed E-state index contributed by atoms with van der Waals surface area (Å²) in [6.07, 6.45) is 2.25. The van der Waals surface area contributed by atoms with Crippen LogP contribution in [-0.2, 0) is 22.8 Å². The van der Waals surface area contributed by atoms with Crippen molar-refractivity contribution in [3.05, 3.63) is 29.3 Å². The number of nitrogen functional groups attached to an aromatic ring is 1. The first-order chi connectivity index (χ1) is 7.94. The number of benzene rings is 1. The summed E-state index contributed by atoms with van der Waals surface area (Å²) in [5.41, 5.74) is 9.08. The SMILES string of the molecule is CS(=O)(=O)CCN1CCc2ccc(N)cc2C1. The molecule has 0 saturated heterocycles. The normalized spacial score (nSPS) is 16.8. The molecule has 1 aromatic rings. The van der Waals surface area contributed by atoms with Crippen LogP contribution < -0.4 is 5.73 Å². The fraction of sp³-hybridized carbons (Fsp3) is 0.500. The molecule has 0 amide bonds. The molecule has 94 valence electrons. The number of nitrogens with two attached hydrogens (primary N) is 1. The first kappa shape index (κ1) is 12.4. The third kappa shape index (κ3) is 3.44. The third-order valence-corrected chi connectivity index (χ3v) is 4.02. The molecule has 0 bridgehead atoms. The van der Waals surface area contributed by atoms with E-state index in [0.717, 1.165) is 25.2 Å². The molecule has 1 aliphatic heterocycles. The van der Waals surface area contributed by atoms with Crippen LogP contribution in [0.4, 0.5) is 5.69 Å². The fourth-order valence-electron chi connectivity index (χ4n) is 2.12. The van der Waals surface area contributed by atoms with Crippen molar-refractivity contribution in [3.63, 3.8) is 0 Å². The summed E-state index contributed by atoms with van der Waals surface area (Å²) in [4.78, 5) is 2.17. The van der Waals surface area contributed by atoms with E-state index in [4.69, 9.17) is 5.73 Å². The Bertz CT molecular complexity index is 511. The highest BCUT2D eigenvalue weighted by atomic mass is 32.2. The third-order valence-electron chi connectivity index (χ3n) is 3.10. The van der Waals surface area contributed by atoms with Crippen molar-refractivity contribution in [2.75, 3.05) is 30.8 Å². The van der Waals surface area contributed by atoms with Crippen molar-refractivity contribution in [1.82, 2.24) is 4.90 Å². The maximum Gasteiger partial charge on any atom is 0.148 e. The molecule has 2 rings (SSSR count). The van der Waals surface area contributed by atoms with Crippen LogP contribution in [-0.4, -0.2) is 38.4 Å². The van der Waals surface area contributed by atoms with Crippen LogP contribution >= 0.6 is 0 Å². The molecule has 1 aliphatic rings. The summed E-state index contributed by atoms with van der Waals surface area (Å²) in [5.74, 6) is 0.227. The van der Waals surface area contributed by atoms with Gasteiger partial charge in [-0.05, 0) is 29.7 Å². The number of fused-ring (bicyclic) bond motifs is 1. The second kappa shape index (κ2) is 4.66. The molecule has 0 aromatic heterocycles. The quantitative estimate of drug-likeness (QED) is 0.805. The van der Waals surface area contributed by atoms with E-state index in [1.807, 2.05) is 12.1 Å². The van der Waals surface area contributed by atoms with Crippen LogP contribution in [0.5, 0.6) is 0 Å². The van der Waals surface area contributed by atoms with Crippen LogP contribution in [0.25, 0.3) is 0 Å². The number of anilines is 1. The lowest BCUT2D eigenvalue weighted by Gasteiger charge is -2.28.